The maximum Gasteiger partial charge on any atom is 0.280 e. The van der Waals surface area contributed by atoms with Gasteiger partial charge in [-0.15, -0.1) is 5.10 Å². The third kappa shape index (κ3) is 4.80. The van der Waals surface area contributed by atoms with Crippen LogP contribution in [0.1, 0.15) is 60.4 Å². The maximum atomic E-state index is 13.5. The highest BCUT2D eigenvalue weighted by molar-refractivity contribution is 7.03. The Morgan fingerprint density at radius 1 is 1.16 bits per heavy atom. The lowest BCUT2D eigenvalue weighted by Crippen LogP contribution is -2.46. The Balaban J connectivity index is 1.77. The van der Waals surface area contributed by atoms with Crippen LogP contribution in [0.3, 0.4) is 0 Å². The van der Waals surface area contributed by atoms with Gasteiger partial charge in [0.25, 0.3) is 5.91 Å². The second-order valence-corrected chi connectivity index (χ2v) is 8.24. The molecule has 4 rings (SSSR count). The third-order valence-corrected chi connectivity index (χ3v) is 6.10. The Labute approximate surface area is 185 Å². The summed E-state index contributed by atoms with van der Waals surface area (Å²) >= 11 is 1.10. The van der Waals surface area contributed by atoms with Crippen LogP contribution < -0.4 is 10.2 Å². The number of rotatable bonds is 7. The maximum absolute atomic E-state index is 13.5. The van der Waals surface area contributed by atoms with Crippen LogP contribution in [-0.4, -0.2) is 32.4 Å². The molecule has 1 aliphatic rings. The minimum Gasteiger partial charge on any atom is -0.351 e. The van der Waals surface area contributed by atoms with Crippen molar-refractivity contribution in [1.29, 1.82) is 0 Å². The fourth-order valence-electron chi connectivity index (χ4n) is 3.93. The number of benzene rings is 1. The monoisotopic (exact) mass is 435 g/mol. The SMILES string of the molecule is CCc1ccc(N(C(=O)c2csnn2)[C@@H](C(=O)NC2CCCC2)c2ccccn2)cc1. The summed E-state index contributed by atoms with van der Waals surface area (Å²) in [6.45, 7) is 2.07. The molecule has 0 unspecified atom stereocenters. The fraction of sp³-hybridized carbons (Fsp3) is 0.348. The van der Waals surface area contributed by atoms with E-state index in [-0.39, 0.29) is 23.6 Å². The number of anilines is 1. The van der Waals surface area contributed by atoms with Gasteiger partial charge in [0.05, 0.1) is 5.69 Å². The highest BCUT2D eigenvalue weighted by Gasteiger charge is 2.36. The van der Waals surface area contributed by atoms with Gasteiger partial charge in [-0.3, -0.25) is 19.5 Å². The predicted molar refractivity (Wildman–Crippen MR) is 120 cm³/mol. The molecule has 160 valence electrons. The van der Waals surface area contributed by atoms with Gasteiger partial charge in [0.2, 0.25) is 5.91 Å². The fourth-order valence-corrected chi connectivity index (χ4v) is 4.36. The number of aryl methyl sites for hydroxylation is 1. The summed E-state index contributed by atoms with van der Waals surface area (Å²) in [5.41, 5.74) is 2.48. The number of hydrogen-bond acceptors (Lipinski definition) is 6. The standard InChI is InChI=1S/C23H25N5O2S/c1-2-16-10-12-18(13-11-16)28(23(30)20-15-31-27-26-20)21(19-9-5-6-14-24-19)22(29)25-17-7-3-4-8-17/h5-6,9-15,17,21H,2-4,7-8H2,1H3,(H,25,29)/t21-/m1/s1. The van der Waals surface area contributed by atoms with Crippen LogP contribution in [0.4, 0.5) is 5.69 Å². The molecule has 2 heterocycles. The first-order valence-corrected chi connectivity index (χ1v) is 11.4. The van der Waals surface area contributed by atoms with Crippen LogP contribution in [-0.2, 0) is 11.2 Å². The molecule has 1 fully saturated rings. The minimum absolute atomic E-state index is 0.124. The van der Waals surface area contributed by atoms with Crippen LogP contribution in [0.5, 0.6) is 0 Å². The molecule has 0 aliphatic heterocycles. The van der Waals surface area contributed by atoms with Gasteiger partial charge in [-0.2, -0.15) is 0 Å². The van der Waals surface area contributed by atoms with Gasteiger partial charge in [-0.1, -0.05) is 42.5 Å². The van der Waals surface area contributed by atoms with Crippen LogP contribution >= 0.6 is 11.5 Å². The van der Waals surface area contributed by atoms with Crippen molar-refractivity contribution in [3.8, 4) is 0 Å². The molecule has 0 saturated heterocycles. The van der Waals surface area contributed by atoms with E-state index in [1.807, 2.05) is 30.3 Å². The van der Waals surface area contributed by atoms with Gasteiger partial charge in [0.15, 0.2) is 11.7 Å². The highest BCUT2D eigenvalue weighted by Crippen LogP contribution is 2.30. The molecule has 0 spiro atoms. The first kappa shape index (κ1) is 21.1. The molecule has 2 amide bonds. The first-order chi connectivity index (χ1) is 15.2. The number of aromatic nitrogens is 3. The normalized spacial score (nSPS) is 14.9. The summed E-state index contributed by atoms with van der Waals surface area (Å²) in [6.07, 6.45) is 6.63. The van der Waals surface area contributed by atoms with Crippen molar-refractivity contribution in [3.63, 3.8) is 0 Å². The van der Waals surface area contributed by atoms with Gasteiger partial charge >= 0.3 is 0 Å². The number of carbonyl (C=O) groups excluding carboxylic acids is 2. The van der Waals surface area contributed by atoms with E-state index in [0.29, 0.717) is 11.4 Å². The molecular weight excluding hydrogens is 410 g/mol. The highest BCUT2D eigenvalue weighted by atomic mass is 32.1. The lowest BCUT2D eigenvalue weighted by atomic mass is 10.1. The molecule has 1 N–H and O–H groups in total. The molecule has 1 saturated carbocycles. The first-order valence-electron chi connectivity index (χ1n) is 10.6. The summed E-state index contributed by atoms with van der Waals surface area (Å²) in [5.74, 6) is -0.614. The summed E-state index contributed by atoms with van der Waals surface area (Å²) in [5, 5.41) is 8.70. The van der Waals surface area contributed by atoms with Crippen LogP contribution in [0.15, 0.2) is 54.0 Å². The lowest BCUT2D eigenvalue weighted by Gasteiger charge is -2.31. The van der Waals surface area contributed by atoms with Crippen LogP contribution in [0, 0.1) is 0 Å². The van der Waals surface area contributed by atoms with E-state index in [4.69, 9.17) is 0 Å². The summed E-state index contributed by atoms with van der Waals surface area (Å²) in [6, 6.07) is 12.3. The summed E-state index contributed by atoms with van der Waals surface area (Å²) in [4.78, 5) is 33.0. The Morgan fingerprint density at radius 2 is 1.94 bits per heavy atom. The zero-order valence-electron chi connectivity index (χ0n) is 17.4. The zero-order chi connectivity index (χ0) is 21.6. The number of nitrogens with zero attached hydrogens (tertiary/aromatic N) is 4. The van der Waals surface area contributed by atoms with E-state index < -0.39 is 6.04 Å². The molecular formula is C23H25N5O2S. The van der Waals surface area contributed by atoms with E-state index in [1.54, 1.807) is 23.7 Å². The Hall–Kier alpha value is -3.13. The van der Waals surface area contributed by atoms with Gasteiger partial charge in [-0.25, -0.2) is 0 Å². The summed E-state index contributed by atoms with van der Waals surface area (Å²) < 4.78 is 3.83. The predicted octanol–water partition coefficient (Wildman–Crippen LogP) is 3.94. The molecule has 0 radical (unpaired) electrons. The number of pyridine rings is 1. The van der Waals surface area contributed by atoms with Crippen LogP contribution in [0.25, 0.3) is 0 Å². The summed E-state index contributed by atoms with van der Waals surface area (Å²) in [7, 11) is 0. The van der Waals surface area contributed by atoms with E-state index in [1.165, 1.54) is 4.90 Å². The largest absolute Gasteiger partial charge is 0.351 e. The Bertz CT molecular complexity index is 1000. The van der Waals surface area contributed by atoms with Gasteiger partial charge in [0.1, 0.15) is 0 Å². The Morgan fingerprint density at radius 3 is 2.55 bits per heavy atom. The topological polar surface area (TPSA) is 88.1 Å². The molecule has 3 aromatic rings. The molecule has 31 heavy (non-hydrogen) atoms. The molecule has 7 nitrogen and oxygen atoms in total. The van der Waals surface area contributed by atoms with Crippen molar-refractivity contribution < 1.29 is 9.59 Å². The third-order valence-electron chi connectivity index (χ3n) is 5.60. The molecule has 1 aromatic carbocycles. The molecule has 1 atom stereocenters. The molecule has 2 aromatic heterocycles. The van der Waals surface area contributed by atoms with Gasteiger partial charge in [0, 0.05) is 23.3 Å². The lowest BCUT2D eigenvalue weighted by molar-refractivity contribution is -0.123. The molecule has 0 bridgehead atoms. The van der Waals surface area contributed by atoms with Crippen LogP contribution in [0.2, 0.25) is 0 Å². The number of carbonyl (C=O) groups is 2. The van der Waals surface area contributed by atoms with Crippen molar-refractivity contribution in [2.45, 2.75) is 51.1 Å². The molecule has 8 heteroatoms. The van der Waals surface area contributed by atoms with Gasteiger partial charge in [-0.05, 0) is 60.6 Å². The molecule has 1 aliphatic carbocycles. The van der Waals surface area contributed by atoms with Crippen molar-refractivity contribution in [3.05, 3.63) is 71.0 Å². The Kier molecular flexibility index (Phi) is 6.66. The van der Waals surface area contributed by atoms with E-state index in [0.717, 1.165) is 49.2 Å². The van der Waals surface area contributed by atoms with E-state index in [9.17, 15) is 9.59 Å². The van der Waals surface area contributed by atoms with Crippen molar-refractivity contribution in [2.24, 2.45) is 0 Å². The van der Waals surface area contributed by atoms with E-state index >= 15 is 0 Å². The number of nitrogens with one attached hydrogen (secondary N) is 1. The number of amides is 2. The van der Waals surface area contributed by atoms with Crippen molar-refractivity contribution in [1.82, 2.24) is 19.9 Å². The second kappa shape index (κ2) is 9.78. The average molecular weight is 436 g/mol. The van der Waals surface area contributed by atoms with Gasteiger partial charge < -0.3 is 5.32 Å². The minimum atomic E-state index is -0.913. The van der Waals surface area contributed by atoms with E-state index in [2.05, 4.69) is 26.8 Å². The van der Waals surface area contributed by atoms with Crippen molar-refractivity contribution in [2.75, 3.05) is 4.90 Å². The second-order valence-electron chi connectivity index (χ2n) is 7.63. The quantitative estimate of drug-likeness (QED) is 0.607. The van der Waals surface area contributed by atoms with Crippen molar-refractivity contribution >= 4 is 29.0 Å². The average Bonchev–Trinajstić information content (AvgIpc) is 3.52. The smallest absolute Gasteiger partial charge is 0.280 e. The zero-order valence-corrected chi connectivity index (χ0v) is 18.2. The number of hydrogen-bond donors (Lipinski definition) is 1.